The molecule has 1 N–H and O–H groups in total. The number of nitrogens with zero attached hydrogens (tertiary/aromatic N) is 1. The summed E-state index contributed by atoms with van der Waals surface area (Å²) in [4.78, 5) is 12.0. The van der Waals surface area contributed by atoms with Crippen molar-refractivity contribution in [3.8, 4) is 0 Å². The fourth-order valence-corrected chi connectivity index (χ4v) is 0.828. The molecule has 0 saturated carbocycles. The highest BCUT2D eigenvalue weighted by atomic mass is 16.4. The lowest BCUT2D eigenvalue weighted by Gasteiger charge is -2.33. The molecule has 3 heteroatoms. The molecule has 0 spiro atoms. The molecule has 3 nitrogen and oxygen atoms in total. The van der Waals surface area contributed by atoms with Crippen molar-refractivity contribution in [2.75, 3.05) is 13.6 Å². The predicted octanol–water partition coefficient (Wildman–Crippen LogP) is -0.225. The van der Waals surface area contributed by atoms with Gasteiger partial charge in [0.2, 0.25) is 0 Å². The maximum absolute atomic E-state index is 10.2. The van der Waals surface area contributed by atoms with Gasteiger partial charge in [0.1, 0.15) is 6.04 Å². The van der Waals surface area contributed by atoms with Gasteiger partial charge < -0.3 is 5.11 Å². The first kappa shape index (κ1) is 5.56. The molecule has 1 heterocycles. The van der Waals surface area contributed by atoms with E-state index >= 15 is 0 Å². The standard InChI is InChI=1S/C5H9NO2/c1-6-3-2-4(6)5(7)8/h4H,2-3H2,1H3,(H,7,8)/t4-/m1/s1. The van der Waals surface area contributed by atoms with Crippen LogP contribution >= 0.6 is 0 Å². The van der Waals surface area contributed by atoms with Gasteiger partial charge in [-0.2, -0.15) is 0 Å². The van der Waals surface area contributed by atoms with Crippen LogP contribution in [0.3, 0.4) is 0 Å². The zero-order valence-electron chi connectivity index (χ0n) is 4.79. The van der Waals surface area contributed by atoms with Gasteiger partial charge >= 0.3 is 5.97 Å². The second-order valence-corrected chi connectivity index (χ2v) is 2.12. The summed E-state index contributed by atoms with van der Waals surface area (Å²) in [6.07, 6.45) is 0.811. The van der Waals surface area contributed by atoms with Gasteiger partial charge in [-0.3, -0.25) is 9.69 Å². The molecule has 0 amide bonds. The second-order valence-electron chi connectivity index (χ2n) is 2.12. The van der Waals surface area contributed by atoms with E-state index in [9.17, 15) is 4.79 Å². The molecule has 0 aliphatic carbocycles. The average Bonchev–Trinajstić information content (AvgIpc) is 1.61. The lowest BCUT2D eigenvalue weighted by atomic mass is 10.1. The first-order chi connectivity index (χ1) is 3.72. The fraction of sp³-hybridized carbons (Fsp3) is 0.800. The van der Waals surface area contributed by atoms with Crippen LogP contribution in [0, 0.1) is 0 Å². The van der Waals surface area contributed by atoms with Crippen LogP contribution in [-0.2, 0) is 4.79 Å². The Bertz CT molecular complexity index is 113. The van der Waals surface area contributed by atoms with Gasteiger partial charge in [0.05, 0.1) is 0 Å². The van der Waals surface area contributed by atoms with Crippen molar-refractivity contribution in [1.29, 1.82) is 0 Å². The molecule has 0 aromatic carbocycles. The van der Waals surface area contributed by atoms with E-state index in [1.54, 1.807) is 0 Å². The van der Waals surface area contributed by atoms with Crippen molar-refractivity contribution in [2.45, 2.75) is 12.5 Å². The molecule has 0 aromatic rings. The number of hydrogen-bond acceptors (Lipinski definition) is 2. The van der Waals surface area contributed by atoms with E-state index in [1.165, 1.54) is 0 Å². The minimum atomic E-state index is -0.696. The lowest BCUT2D eigenvalue weighted by Crippen LogP contribution is -2.49. The van der Waals surface area contributed by atoms with E-state index in [2.05, 4.69) is 0 Å². The highest BCUT2D eigenvalue weighted by Crippen LogP contribution is 2.13. The normalized spacial score (nSPS) is 29.4. The van der Waals surface area contributed by atoms with Gasteiger partial charge in [-0.1, -0.05) is 0 Å². The summed E-state index contributed by atoms with van der Waals surface area (Å²) in [6.45, 7) is 0.928. The first-order valence-corrected chi connectivity index (χ1v) is 2.65. The average molecular weight is 115 g/mol. The van der Waals surface area contributed by atoms with Gasteiger partial charge in [0.25, 0.3) is 0 Å². The van der Waals surface area contributed by atoms with Crippen molar-refractivity contribution in [3.05, 3.63) is 0 Å². The molecular formula is C5H9NO2. The molecule has 1 saturated heterocycles. The maximum Gasteiger partial charge on any atom is 0.320 e. The summed E-state index contributed by atoms with van der Waals surface area (Å²) in [7, 11) is 1.82. The number of hydrogen-bond donors (Lipinski definition) is 1. The van der Waals surface area contributed by atoms with Gasteiger partial charge in [0, 0.05) is 6.54 Å². The number of carbonyl (C=O) groups is 1. The molecule has 0 unspecified atom stereocenters. The number of aliphatic carboxylic acids is 1. The quantitative estimate of drug-likeness (QED) is 0.513. The van der Waals surface area contributed by atoms with Crippen LogP contribution in [0.4, 0.5) is 0 Å². The minimum absolute atomic E-state index is 0.199. The van der Waals surface area contributed by atoms with Crippen molar-refractivity contribution < 1.29 is 9.90 Å². The fourth-order valence-electron chi connectivity index (χ4n) is 0.828. The zero-order valence-corrected chi connectivity index (χ0v) is 4.79. The summed E-state index contributed by atoms with van der Waals surface area (Å²) < 4.78 is 0. The van der Waals surface area contributed by atoms with Crippen molar-refractivity contribution in [3.63, 3.8) is 0 Å². The van der Waals surface area contributed by atoms with Crippen molar-refractivity contribution in [1.82, 2.24) is 4.90 Å². The van der Waals surface area contributed by atoms with Crippen LogP contribution in [0.1, 0.15) is 6.42 Å². The van der Waals surface area contributed by atoms with Crippen molar-refractivity contribution in [2.24, 2.45) is 0 Å². The topological polar surface area (TPSA) is 40.5 Å². The Morgan fingerprint density at radius 2 is 2.50 bits per heavy atom. The third-order valence-electron chi connectivity index (χ3n) is 1.57. The molecule has 0 aromatic heterocycles. The van der Waals surface area contributed by atoms with E-state index < -0.39 is 5.97 Å². The molecular weight excluding hydrogens is 106 g/mol. The van der Waals surface area contributed by atoms with E-state index in [1.807, 2.05) is 11.9 Å². The van der Waals surface area contributed by atoms with E-state index in [0.717, 1.165) is 13.0 Å². The number of carboxylic acid groups (broad SMARTS) is 1. The highest BCUT2D eigenvalue weighted by Gasteiger charge is 2.30. The number of rotatable bonds is 1. The van der Waals surface area contributed by atoms with Crippen LogP contribution in [-0.4, -0.2) is 35.6 Å². The summed E-state index contributed by atoms with van der Waals surface area (Å²) in [5.74, 6) is -0.696. The summed E-state index contributed by atoms with van der Waals surface area (Å²) in [6, 6.07) is -0.199. The van der Waals surface area contributed by atoms with Crippen LogP contribution in [0.5, 0.6) is 0 Å². The Labute approximate surface area is 47.9 Å². The summed E-state index contributed by atoms with van der Waals surface area (Å²) in [5.41, 5.74) is 0. The molecule has 46 valence electrons. The second kappa shape index (κ2) is 1.74. The molecule has 1 aliphatic rings. The van der Waals surface area contributed by atoms with Crippen LogP contribution in [0.15, 0.2) is 0 Å². The Hall–Kier alpha value is -0.570. The molecule has 0 bridgehead atoms. The molecule has 1 atom stereocenters. The molecule has 0 radical (unpaired) electrons. The highest BCUT2D eigenvalue weighted by molar-refractivity contribution is 5.74. The van der Waals surface area contributed by atoms with Gasteiger partial charge in [-0.15, -0.1) is 0 Å². The molecule has 1 rings (SSSR count). The third-order valence-corrected chi connectivity index (χ3v) is 1.57. The molecule has 1 fully saturated rings. The third kappa shape index (κ3) is 0.690. The zero-order chi connectivity index (χ0) is 6.15. The van der Waals surface area contributed by atoms with Gasteiger partial charge in [0.15, 0.2) is 0 Å². The number of likely N-dealkylation sites (tertiary alicyclic amines) is 1. The minimum Gasteiger partial charge on any atom is -0.480 e. The van der Waals surface area contributed by atoms with Crippen molar-refractivity contribution >= 4 is 5.97 Å². The summed E-state index contributed by atoms with van der Waals surface area (Å²) in [5, 5.41) is 8.36. The number of carboxylic acids is 1. The Morgan fingerprint density at radius 1 is 1.88 bits per heavy atom. The smallest absolute Gasteiger partial charge is 0.320 e. The first-order valence-electron chi connectivity index (χ1n) is 2.65. The van der Waals surface area contributed by atoms with Crippen LogP contribution in [0.2, 0.25) is 0 Å². The molecule has 8 heavy (non-hydrogen) atoms. The van der Waals surface area contributed by atoms with Gasteiger partial charge in [-0.05, 0) is 13.5 Å². The number of likely N-dealkylation sites (N-methyl/N-ethyl adjacent to an activating group) is 1. The largest absolute Gasteiger partial charge is 0.480 e. The van der Waals surface area contributed by atoms with E-state index in [4.69, 9.17) is 5.11 Å². The van der Waals surface area contributed by atoms with E-state index in [0.29, 0.717) is 0 Å². The monoisotopic (exact) mass is 115 g/mol. The Morgan fingerprint density at radius 3 is 2.50 bits per heavy atom. The van der Waals surface area contributed by atoms with Crippen LogP contribution in [0.25, 0.3) is 0 Å². The lowest BCUT2D eigenvalue weighted by molar-refractivity contribution is -0.146. The van der Waals surface area contributed by atoms with Gasteiger partial charge in [-0.25, -0.2) is 0 Å². The summed E-state index contributed by atoms with van der Waals surface area (Å²) >= 11 is 0. The van der Waals surface area contributed by atoms with E-state index in [-0.39, 0.29) is 6.04 Å². The molecule has 1 aliphatic heterocycles. The Balaban J connectivity index is 2.37. The Kier molecular flexibility index (Phi) is 1.21. The SMILES string of the molecule is CN1CC[C@@H]1C(=O)O. The predicted molar refractivity (Wildman–Crippen MR) is 28.7 cm³/mol. The maximum atomic E-state index is 10.2. The van der Waals surface area contributed by atoms with Crippen LogP contribution < -0.4 is 0 Å².